The summed E-state index contributed by atoms with van der Waals surface area (Å²) in [4.78, 5) is 23.6. The van der Waals surface area contributed by atoms with Crippen LogP contribution in [0.1, 0.15) is 12.5 Å². The summed E-state index contributed by atoms with van der Waals surface area (Å²) in [5.74, 6) is -1.41. The number of carboxylic acids is 1. The molecule has 4 heteroatoms. The zero-order valence-electron chi connectivity index (χ0n) is 9.67. The predicted molar refractivity (Wildman–Crippen MR) is 64.3 cm³/mol. The average Bonchev–Trinajstić information content (AvgIpc) is 2.34. The van der Waals surface area contributed by atoms with Gasteiger partial charge in [-0.15, -0.1) is 0 Å². The van der Waals surface area contributed by atoms with Crippen molar-refractivity contribution in [3.63, 3.8) is 0 Å². The van der Waals surface area contributed by atoms with Crippen LogP contribution < -0.4 is 0 Å². The Morgan fingerprint density at radius 1 is 1.24 bits per heavy atom. The van der Waals surface area contributed by atoms with Crippen LogP contribution in [0.15, 0.2) is 42.5 Å². The molecule has 0 fully saturated rings. The molecule has 1 aromatic rings. The normalized spacial score (nSPS) is 10.4. The molecular weight excluding hydrogens is 218 g/mol. The monoisotopic (exact) mass is 233 g/mol. The summed E-state index contributed by atoms with van der Waals surface area (Å²) >= 11 is 0. The Labute approximate surface area is 100 Å². The second-order valence-corrected chi connectivity index (χ2v) is 3.51. The molecule has 0 radical (unpaired) electrons. The lowest BCUT2D eigenvalue weighted by Gasteiger charge is -2.19. The molecular formula is C13H15NO3. The highest BCUT2D eigenvalue weighted by Crippen LogP contribution is 2.04. The Kier molecular flexibility index (Phi) is 4.94. The van der Waals surface area contributed by atoms with Gasteiger partial charge < -0.3 is 10.0 Å². The third-order valence-electron chi connectivity index (χ3n) is 2.28. The van der Waals surface area contributed by atoms with Gasteiger partial charge in [-0.2, -0.15) is 0 Å². The van der Waals surface area contributed by atoms with Crippen LogP contribution in [0.2, 0.25) is 0 Å². The van der Waals surface area contributed by atoms with Crippen LogP contribution >= 0.6 is 0 Å². The van der Waals surface area contributed by atoms with Gasteiger partial charge in [-0.25, -0.2) is 4.79 Å². The Morgan fingerprint density at radius 2 is 1.88 bits per heavy atom. The van der Waals surface area contributed by atoms with Crippen LogP contribution in [0.3, 0.4) is 0 Å². The molecule has 1 amide bonds. The molecule has 0 heterocycles. The number of amides is 1. The number of rotatable bonds is 5. The summed E-state index contributed by atoms with van der Waals surface area (Å²) in [5, 5.41) is 8.45. The van der Waals surface area contributed by atoms with Crippen molar-refractivity contribution in [1.82, 2.24) is 4.90 Å². The van der Waals surface area contributed by atoms with Crippen molar-refractivity contribution < 1.29 is 14.7 Å². The van der Waals surface area contributed by atoms with E-state index in [-0.39, 0.29) is 5.91 Å². The number of carbonyl (C=O) groups excluding carboxylic acids is 1. The minimum Gasteiger partial charge on any atom is -0.478 e. The third kappa shape index (κ3) is 4.51. The van der Waals surface area contributed by atoms with E-state index in [2.05, 4.69) is 0 Å². The summed E-state index contributed by atoms with van der Waals surface area (Å²) < 4.78 is 0. The van der Waals surface area contributed by atoms with Gasteiger partial charge in [-0.3, -0.25) is 4.79 Å². The van der Waals surface area contributed by atoms with Gasteiger partial charge in [-0.1, -0.05) is 30.3 Å². The molecule has 0 aromatic heterocycles. The number of hydrogen-bond donors (Lipinski definition) is 1. The minimum atomic E-state index is -1.12. The zero-order chi connectivity index (χ0) is 12.7. The fourth-order valence-corrected chi connectivity index (χ4v) is 1.40. The van der Waals surface area contributed by atoms with E-state index in [1.165, 1.54) is 0 Å². The van der Waals surface area contributed by atoms with Gasteiger partial charge in [0, 0.05) is 25.2 Å². The topological polar surface area (TPSA) is 57.6 Å². The number of carboxylic acid groups (broad SMARTS) is 1. The molecule has 0 aliphatic rings. The summed E-state index contributed by atoms with van der Waals surface area (Å²) in [6.45, 7) is 2.88. The van der Waals surface area contributed by atoms with E-state index in [9.17, 15) is 9.59 Å². The standard InChI is InChI=1S/C13H15NO3/c1-2-14(12(15)8-9-13(16)17)10-11-6-4-3-5-7-11/h3-9H,2,10H2,1H3,(H,16,17)/b9-8-. The van der Waals surface area contributed by atoms with Crippen LogP contribution in [0.25, 0.3) is 0 Å². The maximum absolute atomic E-state index is 11.7. The summed E-state index contributed by atoms with van der Waals surface area (Å²) in [7, 11) is 0. The quantitative estimate of drug-likeness (QED) is 0.787. The van der Waals surface area contributed by atoms with Crippen LogP contribution in [0, 0.1) is 0 Å². The van der Waals surface area contributed by atoms with Crippen molar-refractivity contribution in [3.05, 3.63) is 48.0 Å². The smallest absolute Gasteiger partial charge is 0.328 e. The first-order chi connectivity index (χ1) is 8.13. The van der Waals surface area contributed by atoms with E-state index < -0.39 is 5.97 Å². The fraction of sp³-hybridized carbons (Fsp3) is 0.231. The van der Waals surface area contributed by atoms with E-state index in [0.29, 0.717) is 13.1 Å². The zero-order valence-corrected chi connectivity index (χ0v) is 9.67. The third-order valence-corrected chi connectivity index (χ3v) is 2.28. The van der Waals surface area contributed by atoms with Gasteiger partial charge in [0.25, 0.3) is 0 Å². The second-order valence-electron chi connectivity index (χ2n) is 3.51. The molecule has 4 nitrogen and oxygen atoms in total. The molecule has 0 unspecified atom stereocenters. The molecule has 0 saturated carbocycles. The largest absolute Gasteiger partial charge is 0.478 e. The molecule has 1 rings (SSSR count). The lowest BCUT2D eigenvalue weighted by atomic mass is 10.2. The van der Waals surface area contributed by atoms with Crippen molar-refractivity contribution >= 4 is 11.9 Å². The van der Waals surface area contributed by atoms with Crippen LogP contribution in [0.4, 0.5) is 0 Å². The summed E-state index contributed by atoms with van der Waals surface area (Å²) in [5.41, 5.74) is 1.02. The van der Waals surface area contributed by atoms with Crippen molar-refractivity contribution in [1.29, 1.82) is 0 Å². The number of carbonyl (C=O) groups is 2. The van der Waals surface area contributed by atoms with Gasteiger partial charge in [0.15, 0.2) is 0 Å². The number of benzene rings is 1. The Morgan fingerprint density at radius 3 is 2.41 bits per heavy atom. The predicted octanol–water partition coefficient (Wildman–Crippen LogP) is 1.68. The van der Waals surface area contributed by atoms with Gasteiger partial charge in [0.2, 0.25) is 5.91 Å². The maximum atomic E-state index is 11.7. The van der Waals surface area contributed by atoms with Crippen LogP contribution in [0.5, 0.6) is 0 Å². The van der Waals surface area contributed by atoms with Crippen molar-refractivity contribution in [2.24, 2.45) is 0 Å². The molecule has 1 N–H and O–H groups in total. The number of aliphatic carboxylic acids is 1. The fourth-order valence-electron chi connectivity index (χ4n) is 1.40. The molecule has 1 aromatic carbocycles. The van der Waals surface area contributed by atoms with Crippen molar-refractivity contribution in [3.8, 4) is 0 Å². The van der Waals surface area contributed by atoms with E-state index in [1.807, 2.05) is 37.3 Å². The summed E-state index contributed by atoms with van der Waals surface area (Å²) in [6.07, 6.45) is 1.94. The molecule has 0 saturated heterocycles. The number of likely N-dealkylation sites (N-methyl/N-ethyl adjacent to an activating group) is 1. The Hall–Kier alpha value is -2.10. The first kappa shape index (κ1) is 13.0. The maximum Gasteiger partial charge on any atom is 0.328 e. The number of hydrogen-bond acceptors (Lipinski definition) is 2. The molecule has 0 bridgehead atoms. The summed E-state index contributed by atoms with van der Waals surface area (Å²) in [6, 6.07) is 9.57. The average molecular weight is 233 g/mol. The van der Waals surface area contributed by atoms with Gasteiger partial charge in [0.05, 0.1) is 0 Å². The Balaban J connectivity index is 2.66. The van der Waals surface area contributed by atoms with Crippen molar-refractivity contribution in [2.45, 2.75) is 13.5 Å². The molecule has 0 atom stereocenters. The molecule has 17 heavy (non-hydrogen) atoms. The first-order valence-electron chi connectivity index (χ1n) is 5.37. The second kappa shape index (κ2) is 6.48. The molecule has 0 spiro atoms. The molecule has 90 valence electrons. The molecule has 0 aliphatic carbocycles. The highest BCUT2D eigenvalue weighted by molar-refractivity contribution is 5.93. The van der Waals surface area contributed by atoms with E-state index in [0.717, 1.165) is 17.7 Å². The SMILES string of the molecule is CCN(Cc1ccccc1)C(=O)/C=C\C(=O)O. The van der Waals surface area contributed by atoms with Gasteiger partial charge in [-0.05, 0) is 12.5 Å². The van der Waals surface area contributed by atoms with E-state index in [4.69, 9.17) is 5.11 Å². The lowest BCUT2D eigenvalue weighted by molar-refractivity contribution is -0.132. The molecule has 0 aliphatic heterocycles. The number of nitrogens with zero attached hydrogens (tertiary/aromatic N) is 1. The lowest BCUT2D eigenvalue weighted by Crippen LogP contribution is -2.28. The first-order valence-corrected chi connectivity index (χ1v) is 5.37. The Bertz CT molecular complexity index is 412. The van der Waals surface area contributed by atoms with Gasteiger partial charge >= 0.3 is 5.97 Å². The van der Waals surface area contributed by atoms with Crippen LogP contribution in [-0.2, 0) is 16.1 Å². The highest BCUT2D eigenvalue weighted by Gasteiger charge is 2.08. The van der Waals surface area contributed by atoms with Crippen molar-refractivity contribution in [2.75, 3.05) is 6.54 Å². The minimum absolute atomic E-state index is 0.293. The van der Waals surface area contributed by atoms with Crippen LogP contribution in [-0.4, -0.2) is 28.4 Å². The highest BCUT2D eigenvalue weighted by atomic mass is 16.4. The van der Waals surface area contributed by atoms with Gasteiger partial charge in [0.1, 0.15) is 0 Å². The van der Waals surface area contributed by atoms with E-state index in [1.54, 1.807) is 4.90 Å². The van der Waals surface area contributed by atoms with E-state index >= 15 is 0 Å².